The second-order valence-electron chi connectivity index (χ2n) is 2.55. The number of rotatable bonds is 3. The zero-order valence-corrected chi connectivity index (χ0v) is 8.48. The molecule has 0 radical (unpaired) electrons. The van der Waals surface area contributed by atoms with Crippen molar-refractivity contribution in [3.63, 3.8) is 0 Å². The molecule has 0 spiro atoms. The molecule has 0 unspecified atom stereocenters. The van der Waals surface area contributed by atoms with Crippen LogP contribution in [0.3, 0.4) is 0 Å². The highest BCUT2D eigenvalue weighted by Crippen LogP contribution is 2.20. The van der Waals surface area contributed by atoms with Gasteiger partial charge in [0, 0.05) is 18.1 Å². The first kappa shape index (κ1) is 10.6. The first-order valence-electron chi connectivity index (χ1n) is 3.95. The predicted octanol–water partition coefficient (Wildman–Crippen LogP) is -0.205. The van der Waals surface area contributed by atoms with Crippen molar-refractivity contribution >= 4 is 23.4 Å². The average Bonchev–Trinajstić information content (AvgIpc) is 2.20. The van der Waals surface area contributed by atoms with Crippen LogP contribution in [0.2, 0.25) is 0 Å². The third-order valence-electron chi connectivity index (χ3n) is 1.60. The van der Waals surface area contributed by atoms with Gasteiger partial charge < -0.3 is 16.0 Å². The molecule has 14 heavy (non-hydrogen) atoms. The van der Waals surface area contributed by atoms with Gasteiger partial charge in [0.25, 0.3) is 5.56 Å². The summed E-state index contributed by atoms with van der Waals surface area (Å²) in [7, 11) is 1.56. The fraction of sp³-hybridized carbons (Fsp3) is 0.250. The van der Waals surface area contributed by atoms with E-state index in [1.165, 1.54) is 18.0 Å². The number of amides is 1. The zero-order valence-electron chi connectivity index (χ0n) is 7.66. The van der Waals surface area contributed by atoms with Gasteiger partial charge in [0.2, 0.25) is 5.91 Å². The van der Waals surface area contributed by atoms with Gasteiger partial charge in [-0.15, -0.1) is 11.8 Å². The molecule has 1 amide bonds. The topological polar surface area (TPSA) is 88.0 Å². The van der Waals surface area contributed by atoms with Crippen molar-refractivity contribution < 1.29 is 4.79 Å². The average molecular weight is 213 g/mol. The van der Waals surface area contributed by atoms with Crippen molar-refractivity contribution in [2.45, 2.75) is 4.90 Å². The number of pyridine rings is 1. The number of hydrogen-bond acceptors (Lipinski definition) is 4. The maximum absolute atomic E-state index is 11.1. The van der Waals surface area contributed by atoms with E-state index in [2.05, 4.69) is 10.3 Å². The first-order chi connectivity index (χ1) is 6.65. The van der Waals surface area contributed by atoms with E-state index < -0.39 is 0 Å². The van der Waals surface area contributed by atoms with Crippen molar-refractivity contribution in [1.29, 1.82) is 0 Å². The third-order valence-corrected chi connectivity index (χ3v) is 2.67. The zero-order chi connectivity index (χ0) is 10.6. The summed E-state index contributed by atoms with van der Waals surface area (Å²) in [4.78, 5) is 25.1. The predicted molar refractivity (Wildman–Crippen MR) is 56.3 cm³/mol. The van der Waals surface area contributed by atoms with Crippen LogP contribution in [0.4, 0.5) is 5.69 Å². The van der Waals surface area contributed by atoms with E-state index in [0.29, 0.717) is 4.90 Å². The Balaban J connectivity index is 2.73. The lowest BCUT2D eigenvalue weighted by molar-refractivity contribution is -0.118. The molecule has 0 saturated carbocycles. The van der Waals surface area contributed by atoms with Gasteiger partial charge in [-0.1, -0.05) is 0 Å². The highest BCUT2D eigenvalue weighted by atomic mass is 32.2. The number of thioether (sulfide) groups is 1. The Kier molecular flexibility index (Phi) is 3.58. The smallest absolute Gasteiger partial charge is 0.272 e. The number of aromatic amines is 1. The molecule has 1 aromatic rings. The maximum atomic E-state index is 11.1. The van der Waals surface area contributed by atoms with Gasteiger partial charge in [0.15, 0.2) is 0 Å². The van der Waals surface area contributed by atoms with E-state index in [1.54, 1.807) is 13.1 Å². The highest BCUT2D eigenvalue weighted by Gasteiger charge is 2.05. The number of carbonyl (C=O) groups excluding carboxylic acids is 1. The lowest BCUT2D eigenvalue weighted by Crippen LogP contribution is -2.20. The minimum atomic E-state index is -0.327. The fourth-order valence-electron chi connectivity index (χ4n) is 0.814. The SMILES string of the molecule is CNC(=O)CSc1cc[nH]c(=O)c1N. The molecule has 0 bridgehead atoms. The minimum Gasteiger partial charge on any atom is -0.393 e. The Morgan fingerprint density at radius 3 is 3.07 bits per heavy atom. The second kappa shape index (κ2) is 4.71. The molecular weight excluding hydrogens is 202 g/mol. The molecule has 0 aromatic carbocycles. The van der Waals surface area contributed by atoms with Gasteiger partial charge >= 0.3 is 0 Å². The van der Waals surface area contributed by atoms with E-state index in [1.807, 2.05) is 0 Å². The van der Waals surface area contributed by atoms with Crippen LogP contribution in [-0.2, 0) is 4.79 Å². The monoisotopic (exact) mass is 213 g/mol. The van der Waals surface area contributed by atoms with Gasteiger partial charge in [-0.05, 0) is 6.07 Å². The lowest BCUT2D eigenvalue weighted by Gasteiger charge is -2.02. The Bertz CT molecular complexity index is 388. The van der Waals surface area contributed by atoms with Crippen LogP contribution in [0.5, 0.6) is 0 Å². The second-order valence-corrected chi connectivity index (χ2v) is 3.56. The highest BCUT2D eigenvalue weighted by molar-refractivity contribution is 8.00. The van der Waals surface area contributed by atoms with Crippen LogP contribution >= 0.6 is 11.8 Å². The normalized spacial score (nSPS) is 9.79. The summed E-state index contributed by atoms with van der Waals surface area (Å²) in [5, 5.41) is 2.48. The summed E-state index contributed by atoms with van der Waals surface area (Å²) in [6, 6.07) is 1.67. The summed E-state index contributed by atoms with van der Waals surface area (Å²) in [5.41, 5.74) is 5.34. The van der Waals surface area contributed by atoms with Crippen LogP contribution in [0.25, 0.3) is 0 Å². The molecule has 0 aliphatic heterocycles. The third kappa shape index (κ3) is 2.53. The summed E-state index contributed by atoms with van der Waals surface area (Å²) in [6.07, 6.45) is 1.50. The molecule has 5 nitrogen and oxygen atoms in total. The number of H-pyrrole nitrogens is 1. The van der Waals surface area contributed by atoms with Gasteiger partial charge in [-0.3, -0.25) is 9.59 Å². The van der Waals surface area contributed by atoms with Crippen molar-refractivity contribution in [2.75, 3.05) is 18.5 Å². The lowest BCUT2D eigenvalue weighted by atomic mass is 10.4. The maximum Gasteiger partial charge on any atom is 0.272 e. The number of anilines is 1. The first-order valence-corrected chi connectivity index (χ1v) is 4.94. The van der Waals surface area contributed by atoms with E-state index in [-0.39, 0.29) is 22.9 Å². The van der Waals surface area contributed by atoms with Crippen LogP contribution < -0.4 is 16.6 Å². The number of aromatic nitrogens is 1. The van der Waals surface area contributed by atoms with Crippen molar-refractivity contribution in [1.82, 2.24) is 10.3 Å². The Hall–Kier alpha value is -1.43. The van der Waals surface area contributed by atoms with Crippen molar-refractivity contribution in [3.8, 4) is 0 Å². The molecule has 6 heteroatoms. The molecule has 1 rings (SSSR count). The Labute approximate surface area is 85.1 Å². The molecule has 4 N–H and O–H groups in total. The van der Waals surface area contributed by atoms with Crippen LogP contribution in [0.1, 0.15) is 0 Å². The molecule has 1 aromatic heterocycles. The largest absolute Gasteiger partial charge is 0.393 e. The van der Waals surface area contributed by atoms with Gasteiger partial charge in [-0.2, -0.15) is 0 Å². The van der Waals surface area contributed by atoms with E-state index in [9.17, 15) is 9.59 Å². The summed E-state index contributed by atoms with van der Waals surface area (Å²) in [6.45, 7) is 0. The number of nitrogen functional groups attached to an aromatic ring is 1. The van der Waals surface area contributed by atoms with Crippen LogP contribution in [-0.4, -0.2) is 23.7 Å². The minimum absolute atomic E-state index is 0.102. The number of nitrogens with two attached hydrogens (primary N) is 1. The fourth-order valence-corrected chi connectivity index (χ4v) is 1.66. The molecule has 0 saturated heterocycles. The van der Waals surface area contributed by atoms with Gasteiger partial charge in [0.1, 0.15) is 5.69 Å². The van der Waals surface area contributed by atoms with Gasteiger partial charge in [0.05, 0.1) is 5.75 Å². The molecule has 0 aliphatic rings. The molecule has 1 heterocycles. The molecule has 0 atom stereocenters. The van der Waals surface area contributed by atoms with Gasteiger partial charge in [-0.25, -0.2) is 0 Å². The van der Waals surface area contributed by atoms with E-state index >= 15 is 0 Å². The Morgan fingerprint density at radius 1 is 1.71 bits per heavy atom. The Morgan fingerprint density at radius 2 is 2.43 bits per heavy atom. The molecule has 0 aliphatic carbocycles. The van der Waals surface area contributed by atoms with Crippen LogP contribution in [0.15, 0.2) is 22.0 Å². The molecule has 0 fully saturated rings. The quantitative estimate of drug-likeness (QED) is 0.606. The van der Waals surface area contributed by atoms with Crippen molar-refractivity contribution in [3.05, 3.63) is 22.6 Å². The van der Waals surface area contributed by atoms with Crippen molar-refractivity contribution in [2.24, 2.45) is 0 Å². The number of nitrogens with one attached hydrogen (secondary N) is 2. The summed E-state index contributed by atoms with van der Waals surface area (Å²) in [5.74, 6) is 0.152. The molecular formula is C8H11N3O2S. The number of carbonyl (C=O) groups is 1. The van der Waals surface area contributed by atoms with E-state index in [0.717, 1.165) is 0 Å². The summed E-state index contributed by atoms with van der Waals surface area (Å²) < 4.78 is 0. The van der Waals surface area contributed by atoms with Crippen LogP contribution in [0, 0.1) is 0 Å². The molecule has 76 valence electrons. The van der Waals surface area contributed by atoms with E-state index in [4.69, 9.17) is 5.73 Å². The summed E-state index contributed by atoms with van der Waals surface area (Å²) >= 11 is 1.24. The number of hydrogen-bond donors (Lipinski definition) is 3. The standard InChI is InChI=1S/C8H11N3O2S/c1-10-6(12)4-14-5-2-3-11-8(13)7(5)9/h2-3H,4,9H2,1H3,(H,10,12)(H,11,13).